The summed E-state index contributed by atoms with van der Waals surface area (Å²) in [5.74, 6) is 0.536. The molecule has 2 nitrogen and oxygen atoms in total. The molecule has 0 spiro atoms. The van der Waals surface area contributed by atoms with E-state index in [1.165, 1.54) is 60.2 Å². The molecule has 2 heteroatoms. The summed E-state index contributed by atoms with van der Waals surface area (Å²) in [5.41, 5.74) is 8.76. The molecule has 2 aliphatic rings. The maximum Gasteiger partial charge on any atom is 0.0805 e. The van der Waals surface area contributed by atoms with Gasteiger partial charge in [-0.3, -0.25) is 0 Å². The fraction of sp³-hybridized carbons (Fsp3) is 0.400. The molecule has 2 aromatic rings. The van der Waals surface area contributed by atoms with E-state index in [1.807, 2.05) is 0 Å². The van der Waals surface area contributed by atoms with E-state index in [9.17, 15) is 0 Å². The van der Waals surface area contributed by atoms with Crippen molar-refractivity contribution in [1.82, 2.24) is 9.80 Å². The fourth-order valence-electron chi connectivity index (χ4n) is 5.18. The van der Waals surface area contributed by atoms with Gasteiger partial charge in [0.05, 0.1) is 6.04 Å². The van der Waals surface area contributed by atoms with Crippen molar-refractivity contribution < 1.29 is 0 Å². The van der Waals surface area contributed by atoms with E-state index in [1.54, 1.807) is 0 Å². The number of nitrogens with zero attached hydrogens (tertiary/aromatic N) is 2. The highest BCUT2D eigenvalue weighted by molar-refractivity contribution is 5.82. The summed E-state index contributed by atoms with van der Waals surface area (Å²) < 4.78 is 0. The number of hydrogen-bond acceptors (Lipinski definition) is 2. The fourth-order valence-corrected chi connectivity index (χ4v) is 5.18. The van der Waals surface area contributed by atoms with E-state index in [4.69, 9.17) is 0 Å². The van der Waals surface area contributed by atoms with Crippen LogP contribution in [0.4, 0.5) is 0 Å². The Morgan fingerprint density at radius 2 is 1.59 bits per heavy atom. The second-order valence-electron chi connectivity index (χ2n) is 9.65. The lowest BCUT2D eigenvalue weighted by atomic mass is 9.88. The van der Waals surface area contributed by atoms with Crippen molar-refractivity contribution in [3.8, 4) is 0 Å². The summed E-state index contributed by atoms with van der Waals surface area (Å²) >= 11 is 0. The molecule has 2 heterocycles. The van der Waals surface area contributed by atoms with Crippen LogP contribution < -0.4 is 0 Å². The van der Waals surface area contributed by atoms with Crippen LogP contribution in [0.2, 0.25) is 0 Å². The minimum absolute atomic E-state index is 0.168. The van der Waals surface area contributed by atoms with Crippen LogP contribution in [0.1, 0.15) is 68.7 Å². The van der Waals surface area contributed by atoms with Crippen LogP contribution in [0.15, 0.2) is 84.6 Å². The van der Waals surface area contributed by atoms with Crippen molar-refractivity contribution in [3.63, 3.8) is 0 Å². The van der Waals surface area contributed by atoms with E-state index in [2.05, 4.69) is 98.3 Å². The van der Waals surface area contributed by atoms with Crippen LogP contribution >= 0.6 is 0 Å². The molecule has 0 radical (unpaired) electrons. The molecular weight excluding hydrogens is 388 g/mol. The Morgan fingerprint density at radius 1 is 0.938 bits per heavy atom. The molecule has 2 aromatic carbocycles. The normalized spacial score (nSPS) is 19.8. The first-order valence-electron chi connectivity index (χ1n) is 12.2. The maximum absolute atomic E-state index is 4.56. The lowest BCUT2D eigenvalue weighted by Gasteiger charge is -2.34. The number of piperidine rings is 1. The molecule has 0 saturated carbocycles. The molecule has 2 aliphatic heterocycles. The topological polar surface area (TPSA) is 6.48 Å². The molecule has 1 atom stereocenters. The molecule has 0 aromatic heterocycles. The monoisotopic (exact) mass is 426 g/mol. The van der Waals surface area contributed by atoms with Gasteiger partial charge in [0, 0.05) is 18.8 Å². The number of rotatable bonds is 7. The zero-order valence-corrected chi connectivity index (χ0v) is 20.1. The van der Waals surface area contributed by atoms with Crippen LogP contribution in [0.3, 0.4) is 0 Å². The summed E-state index contributed by atoms with van der Waals surface area (Å²) in [7, 11) is 0. The van der Waals surface area contributed by atoms with Crippen molar-refractivity contribution in [2.75, 3.05) is 26.2 Å². The molecule has 168 valence electrons. The SMILES string of the molecule is C=C(C1=C(C)C(=C)N(CCN2CCCCC2)C1c1ccc(C(C)C)cc1)c1ccccc1. The van der Waals surface area contributed by atoms with E-state index < -0.39 is 0 Å². The largest absolute Gasteiger partial charge is 0.359 e. The standard InChI is InChI=1S/C30H38N2/c1-22(2)26-14-16-28(17-15-26)30-29(24(4)27-12-8-6-9-13-27)23(3)25(5)32(30)21-20-31-18-10-7-11-19-31/h6,8-9,12-17,22,30H,4-5,7,10-11,18-21H2,1-3H3. The third-order valence-electron chi connectivity index (χ3n) is 7.24. The summed E-state index contributed by atoms with van der Waals surface area (Å²) in [4.78, 5) is 5.15. The zero-order chi connectivity index (χ0) is 22.7. The van der Waals surface area contributed by atoms with Crippen LogP contribution in [0.25, 0.3) is 5.57 Å². The van der Waals surface area contributed by atoms with Gasteiger partial charge in [0.25, 0.3) is 0 Å². The van der Waals surface area contributed by atoms with Gasteiger partial charge in [0.2, 0.25) is 0 Å². The van der Waals surface area contributed by atoms with Gasteiger partial charge in [-0.05, 0) is 72.2 Å². The highest BCUT2D eigenvalue weighted by Crippen LogP contribution is 2.47. The van der Waals surface area contributed by atoms with Gasteiger partial charge in [-0.2, -0.15) is 0 Å². The van der Waals surface area contributed by atoms with E-state index >= 15 is 0 Å². The molecule has 0 bridgehead atoms. The number of benzene rings is 2. The first kappa shape index (κ1) is 22.6. The van der Waals surface area contributed by atoms with Gasteiger partial charge in [-0.15, -0.1) is 0 Å². The third kappa shape index (κ3) is 4.61. The van der Waals surface area contributed by atoms with Gasteiger partial charge >= 0.3 is 0 Å². The second-order valence-corrected chi connectivity index (χ2v) is 9.65. The number of hydrogen-bond donors (Lipinski definition) is 0. The first-order valence-corrected chi connectivity index (χ1v) is 12.2. The van der Waals surface area contributed by atoms with Gasteiger partial charge in [0.15, 0.2) is 0 Å². The lowest BCUT2D eigenvalue weighted by Crippen LogP contribution is -2.37. The Hall–Kier alpha value is -2.58. The predicted molar refractivity (Wildman–Crippen MR) is 138 cm³/mol. The molecule has 0 N–H and O–H groups in total. The number of likely N-dealkylation sites (tertiary alicyclic amines) is 1. The molecule has 1 unspecified atom stereocenters. The summed E-state index contributed by atoms with van der Waals surface area (Å²) in [5, 5.41) is 0. The Morgan fingerprint density at radius 3 is 2.22 bits per heavy atom. The maximum atomic E-state index is 4.56. The van der Waals surface area contributed by atoms with E-state index in [0.717, 1.165) is 24.4 Å². The van der Waals surface area contributed by atoms with Crippen molar-refractivity contribution in [3.05, 3.63) is 101 Å². The molecule has 4 rings (SSSR count). The summed E-state index contributed by atoms with van der Waals surface area (Å²) in [6.07, 6.45) is 4.03. The van der Waals surface area contributed by atoms with Crippen LogP contribution in [-0.2, 0) is 0 Å². The van der Waals surface area contributed by atoms with Crippen LogP contribution in [-0.4, -0.2) is 36.0 Å². The third-order valence-corrected chi connectivity index (χ3v) is 7.24. The van der Waals surface area contributed by atoms with Crippen molar-refractivity contribution in [2.24, 2.45) is 0 Å². The zero-order valence-electron chi connectivity index (χ0n) is 20.1. The Bertz CT molecular complexity index is 975. The van der Waals surface area contributed by atoms with E-state index in [0.29, 0.717) is 5.92 Å². The van der Waals surface area contributed by atoms with Crippen molar-refractivity contribution >= 4 is 5.57 Å². The van der Waals surface area contributed by atoms with Crippen LogP contribution in [0.5, 0.6) is 0 Å². The van der Waals surface area contributed by atoms with Crippen molar-refractivity contribution in [1.29, 1.82) is 0 Å². The average molecular weight is 427 g/mol. The van der Waals surface area contributed by atoms with Gasteiger partial charge in [0.1, 0.15) is 0 Å². The first-order chi connectivity index (χ1) is 15.5. The minimum atomic E-state index is 0.168. The van der Waals surface area contributed by atoms with Gasteiger partial charge < -0.3 is 9.80 Å². The molecule has 0 aliphatic carbocycles. The Balaban J connectivity index is 1.67. The Kier molecular flexibility index (Phi) is 7.01. The summed E-state index contributed by atoms with van der Waals surface area (Å²) in [6, 6.07) is 20.0. The Labute approximate surface area is 194 Å². The van der Waals surface area contributed by atoms with Crippen LogP contribution in [0, 0.1) is 0 Å². The molecule has 1 saturated heterocycles. The number of allylic oxidation sites excluding steroid dienone is 1. The lowest BCUT2D eigenvalue weighted by molar-refractivity contribution is 0.192. The van der Waals surface area contributed by atoms with Crippen molar-refractivity contribution in [2.45, 2.75) is 52.0 Å². The highest BCUT2D eigenvalue weighted by atomic mass is 15.2. The quantitative estimate of drug-likeness (QED) is 0.462. The smallest absolute Gasteiger partial charge is 0.0805 e. The summed E-state index contributed by atoms with van der Waals surface area (Å²) in [6.45, 7) is 20.4. The van der Waals surface area contributed by atoms with Gasteiger partial charge in [-0.1, -0.05) is 88.0 Å². The predicted octanol–water partition coefficient (Wildman–Crippen LogP) is 7.20. The molecule has 1 fully saturated rings. The second kappa shape index (κ2) is 9.92. The minimum Gasteiger partial charge on any atom is -0.359 e. The highest BCUT2D eigenvalue weighted by Gasteiger charge is 2.36. The van der Waals surface area contributed by atoms with Gasteiger partial charge in [-0.25, -0.2) is 0 Å². The van der Waals surface area contributed by atoms with E-state index in [-0.39, 0.29) is 6.04 Å². The molecule has 32 heavy (non-hydrogen) atoms. The average Bonchev–Trinajstić information content (AvgIpc) is 3.08. The molecular formula is C30H38N2. The molecule has 0 amide bonds.